The minimum Gasteiger partial charge on any atom is -0.314 e. The molecule has 1 unspecified atom stereocenters. The molecule has 0 radical (unpaired) electrons. The average Bonchev–Trinajstić information content (AvgIpc) is 2.95. The first kappa shape index (κ1) is 42.6. The lowest BCUT2D eigenvalue weighted by molar-refractivity contribution is 0.550. The summed E-state index contributed by atoms with van der Waals surface area (Å²) >= 11 is 0. The monoisotopic (exact) mass is 715 g/mol. The molecule has 0 heterocycles. The van der Waals surface area contributed by atoms with E-state index in [1.165, 1.54) is 49.6 Å². The van der Waals surface area contributed by atoms with Crippen LogP contribution in [0, 0.1) is 0 Å². The van der Waals surface area contributed by atoms with Crippen LogP contribution in [0.2, 0.25) is 0 Å². The molecule has 3 heteroatoms. The lowest BCUT2D eigenvalue weighted by Crippen LogP contribution is -2.33. The maximum atomic E-state index is 7.73. The molecule has 0 aliphatic carbocycles. The van der Waals surface area contributed by atoms with Gasteiger partial charge in [0, 0.05) is 16.2 Å². The van der Waals surface area contributed by atoms with E-state index in [0.717, 1.165) is 32.7 Å². The molecule has 276 valence electrons. The van der Waals surface area contributed by atoms with E-state index >= 15 is 0 Å². The standard InChI is InChI=1S/C47H72OP2/c1-20-21-27-50(40-37(46(14,15)16)30-34(43(5,6)7)31-38(40)47(17,18)19)48-41(32-25-23-22-24-26-32)49-39-35(44(8,9)10)28-33(42(2,3)4)29-36(39)45(11,12)13/h22-26,28-31H,20-21,27H2,1-19H3. The molecular formula is C47H72OP2. The minimum atomic E-state index is -0.983. The van der Waals surface area contributed by atoms with Gasteiger partial charge in [0.1, 0.15) is 5.48 Å². The van der Waals surface area contributed by atoms with E-state index in [4.69, 9.17) is 4.52 Å². The summed E-state index contributed by atoms with van der Waals surface area (Å²) in [7, 11) is 0.155. The SMILES string of the molecule is CCCCP(OC(=Pc1c(C(C)(C)C)cc(C(C)(C)C)cc1C(C)(C)C)c1ccccc1)c1c(C(C)(C)C)cc(C(C)(C)C)cc1C(C)(C)C. The van der Waals surface area contributed by atoms with Crippen LogP contribution in [0.15, 0.2) is 54.6 Å². The number of hydrogen-bond acceptors (Lipinski definition) is 1. The van der Waals surface area contributed by atoms with Gasteiger partial charge in [-0.05, 0) is 86.7 Å². The van der Waals surface area contributed by atoms with E-state index < -0.39 is 8.15 Å². The van der Waals surface area contributed by atoms with Crippen molar-refractivity contribution in [1.82, 2.24) is 0 Å². The van der Waals surface area contributed by atoms with Crippen LogP contribution in [0.5, 0.6) is 0 Å². The highest BCUT2D eigenvalue weighted by Gasteiger charge is 2.35. The van der Waals surface area contributed by atoms with Gasteiger partial charge in [-0.1, -0.05) is 193 Å². The van der Waals surface area contributed by atoms with Crippen LogP contribution in [0.25, 0.3) is 0 Å². The Hall–Kier alpha value is -1.78. The fourth-order valence-corrected chi connectivity index (χ4v) is 10.9. The topological polar surface area (TPSA) is 9.23 Å². The quantitative estimate of drug-likeness (QED) is 0.211. The molecule has 3 aromatic carbocycles. The molecule has 0 N–H and O–H groups in total. The number of rotatable bonds is 8. The van der Waals surface area contributed by atoms with Crippen LogP contribution in [-0.2, 0) is 37.0 Å². The summed E-state index contributed by atoms with van der Waals surface area (Å²) in [6.07, 6.45) is 3.33. The number of hydrogen-bond donors (Lipinski definition) is 0. The second kappa shape index (κ2) is 15.3. The molecule has 0 amide bonds. The molecule has 0 saturated heterocycles. The van der Waals surface area contributed by atoms with E-state index in [9.17, 15) is 0 Å². The van der Waals surface area contributed by atoms with Gasteiger partial charge in [0.05, 0.1) is 8.15 Å². The fraction of sp³-hybridized carbons (Fsp3) is 0.596. The van der Waals surface area contributed by atoms with Crippen LogP contribution in [0.3, 0.4) is 0 Å². The highest BCUT2D eigenvalue weighted by Crippen LogP contribution is 2.47. The van der Waals surface area contributed by atoms with E-state index in [-0.39, 0.29) is 32.5 Å². The van der Waals surface area contributed by atoms with Crippen molar-refractivity contribution in [2.24, 2.45) is 0 Å². The van der Waals surface area contributed by atoms with Crippen LogP contribution in [0.4, 0.5) is 0 Å². The zero-order chi connectivity index (χ0) is 38.3. The first-order valence-electron chi connectivity index (χ1n) is 19.1. The Kier molecular flexibility index (Phi) is 13.0. The Morgan fingerprint density at radius 3 is 1.26 bits per heavy atom. The Morgan fingerprint density at radius 1 is 0.540 bits per heavy atom. The van der Waals surface area contributed by atoms with Crippen molar-refractivity contribution in [2.45, 2.75) is 177 Å². The van der Waals surface area contributed by atoms with Crippen LogP contribution in [0.1, 0.15) is 183 Å². The van der Waals surface area contributed by atoms with Gasteiger partial charge in [-0.15, -0.1) is 0 Å². The van der Waals surface area contributed by atoms with Gasteiger partial charge in [-0.2, -0.15) is 0 Å². The van der Waals surface area contributed by atoms with Crippen molar-refractivity contribution in [3.05, 3.63) is 93.5 Å². The van der Waals surface area contributed by atoms with Crippen molar-refractivity contribution < 1.29 is 4.52 Å². The van der Waals surface area contributed by atoms with Crippen LogP contribution >= 0.6 is 16.4 Å². The first-order valence-corrected chi connectivity index (χ1v) is 21.4. The molecule has 0 bridgehead atoms. The van der Waals surface area contributed by atoms with Gasteiger partial charge in [-0.3, -0.25) is 0 Å². The zero-order valence-corrected chi connectivity index (χ0v) is 37.4. The summed E-state index contributed by atoms with van der Waals surface area (Å²) in [5.41, 5.74) is 10.8. The molecule has 1 atom stereocenters. The van der Waals surface area contributed by atoms with Crippen molar-refractivity contribution in [1.29, 1.82) is 0 Å². The van der Waals surface area contributed by atoms with Gasteiger partial charge >= 0.3 is 0 Å². The number of unbranched alkanes of at least 4 members (excludes halogenated alkanes) is 1. The summed E-state index contributed by atoms with van der Waals surface area (Å²) in [6.45, 7) is 45.0. The third-order valence-electron chi connectivity index (χ3n) is 9.58. The fourth-order valence-electron chi connectivity index (χ4n) is 6.24. The third kappa shape index (κ3) is 10.6. The van der Waals surface area contributed by atoms with Crippen molar-refractivity contribution in [3.63, 3.8) is 0 Å². The molecule has 0 spiro atoms. The first-order chi connectivity index (χ1) is 22.6. The Morgan fingerprint density at radius 2 is 0.920 bits per heavy atom. The van der Waals surface area contributed by atoms with E-state index in [2.05, 4.69) is 186 Å². The molecule has 3 aromatic rings. The molecule has 3 rings (SSSR count). The van der Waals surface area contributed by atoms with E-state index in [1.54, 1.807) is 0 Å². The largest absolute Gasteiger partial charge is 0.314 e. The minimum absolute atomic E-state index is 0.0278. The summed E-state index contributed by atoms with van der Waals surface area (Å²) in [5.74, 6) is 0. The Balaban J connectivity index is 2.53. The van der Waals surface area contributed by atoms with Crippen molar-refractivity contribution in [3.8, 4) is 0 Å². The molecule has 0 aliphatic rings. The van der Waals surface area contributed by atoms with Gasteiger partial charge < -0.3 is 4.52 Å². The third-order valence-corrected chi connectivity index (χ3v) is 13.1. The van der Waals surface area contributed by atoms with Gasteiger partial charge in [0.15, 0.2) is 0 Å². The molecular weight excluding hydrogens is 642 g/mol. The summed E-state index contributed by atoms with van der Waals surface area (Å²) < 4.78 is 7.73. The molecule has 0 fully saturated rings. The normalized spacial score (nSPS) is 14.7. The molecule has 50 heavy (non-hydrogen) atoms. The maximum Gasteiger partial charge on any atom is 0.114 e. The maximum absolute atomic E-state index is 7.73. The summed E-state index contributed by atoms with van der Waals surface area (Å²) in [6, 6.07) is 21.0. The molecule has 0 aliphatic heterocycles. The predicted octanol–water partition coefficient (Wildman–Crippen LogP) is 13.8. The molecule has 0 aromatic heterocycles. The van der Waals surface area contributed by atoms with E-state index in [0.29, 0.717) is 0 Å². The smallest absolute Gasteiger partial charge is 0.114 e. The van der Waals surface area contributed by atoms with Gasteiger partial charge in [0.25, 0.3) is 0 Å². The average molecular weight is 715 g/mol. The predicted molar refractivity (Wildman–Crippen MR) is 230 cm³/mol. The summed E-state index contributed by atoms with van der Waals surface area (Å²) in [4.78, 5) is 0. The van der Waals surface area contributed by atoms with Gasteiger partial charge in [0.2, 0.25) is 0 Å². The Labute approximate surface area is 312 Å². The molecule has 0 saturated carbocycles. The second-order valence-electron chi connectivity index (χ2n) is 20.7. The molecule has 1 nitrogen and oxygen atoms in total. The summed E-state index contributed by atoms with van der Waals surface area (Å²) in [5, 5.41) is 2.86. The number of benzene rings is 3. The van der Waals surface area contributed by atoms with Crippen molar-refractivity contribution >= 4 is 32.4 Å². The van der Waals surface area contributed by atoms with E-state index in [1.807, 2.05) is 0 Å². The Bertz CT molecular complexity index is 1560. The lowest BCUT2D eigenvalue weighted by atomic mass is 9.75. The lowest BCUT2D eigenvalue weighted by Gasteiger charge is -2.36. The second-order valence-corrected chi connectivity index (χ2v) is 23.6. The van der Waals surface area contributed by atoms with Crippen LogP contribution in [-0.4, -0.2) is 11.6 Å². The van der Waals surface area contributed by atoms with Crippen LogP contribution < -0.4 is 10.6 Å². The zero-order valence-electron chi connectivity index (χ0n) is 35.6. The van der Waals surface area contributed by atoms with Gasteiger partial charge in [-0.25, -0.2) is 0 Å². The highest BCUT2D eigenvalue weighted by molar-refractivity contribution is 7.63. The van der Waals surface area contributed by atoms with Crippen molar-refractivity contribution in [2.75, 3.05) is 6.16 Å². The highest BCUT2D eigenvalue weighted by atomic mass is 31.1.